The number of rotatable bonds is 6. The fourth-order valence-corrected chi connectivity index (χ4v) is 0.807. The van der Waals surface area contributed by atoms with Gasteiger partial charge in [0.2, 0.25) is 0 Å². The zero-order valence-corrected chi connectivity index (χ0v) is 8.60. The van der Waals surface area contributed by atoms with Crippen molar-refractivity contribution in [1.29, 1.82) is 0 Å². The van der Waals surface area contributed by atoms with Crippen molar-refractivity contribution >= 4 is 12.1 Å². The molecule has 1 unspecified atom stereocenters. The number of allylic oxidation sites excluding steroid dienone is 1. The Labute approximate surface area is 88.1 Å². The molecule has 0 heterocycles. The molecule has 0 radical (unpaired) electrons. The molecule has 15 heavy (non-hydrogen) atoms. The second kappa shape index (κ2) is 7.81. The van der Waals surface area contributed by atoms with Crippen LogP contribution >= 0.6 is 0 Å². The summed E-state index contributed by atoms with van der Waals surface area (Å²) in [5.41, 5.74) is 5.26. The molecule has 0 aromatic carbocycles. The van der Waals surface area contributed by atoms with E-state index in [9.17, 15) is 9.59 Å². The van der Waals surface area contributed by atoms with Crippen LogP contribution in [0.25, 0.3) is 0 Å². The minimum atomic E-state index is -1.04. The van der Waals surface area contributed by atoms with Gasteiger partial charge in [-0.3, -0.25) is 4.79 Å². The van der Waals surface area contributed by atoms with Gasteiger partial charge in [0.25, 0.3) is 0 Å². The minimum absolute atomic E-state index is 0.319. The lowest BCUT2D eigenvalue weighted by Crippen LogP contribution is -2.31. The minimum Gasteiger partial charge on any atom is -0.480 e. The Morgan fingerprint density at radius 2 is 2.27 bits per heavy atom. The van der Waals surface area contributed by atoms with Crippen LogP contribution in [0.4, 0.5) is 4.79 Å². The third-order valence-electron chi connectivity index (χ3n) is 1.59. The Morgan fingerprint density at radius 3 is 2.80 bits per heavy atom. The SMILES string of the molecule is CC=COC(=O)NCCCC(N)C(=O)O. The highest BCUT2D eigenvalue weighted by atomic mass is 16.5. The lowest BCUT2D eigenvalue weighted by Gasteiger charge is -2.06. The molecule has 1 amide bonds. The highest BCUT2D eigenvalue weighted by molar-refractivity contribution is 5.73. The van der Waals surface area contributed by atoms with Crippen LogP contribution in [0, 0.1) is 0 Å². The number of ether oxygens (including phenoxy) is 1. The number of nitrogens with one attached hydrogen (secondary N) is 1. The molecule has 1 atom stereocenters. The first kappa shape index (κ1) is 13.4. The molecule has 6 nitrogen and oxygen atoms in total. The van der Waals surface area contributed by atoms with Crippen LogP contribution in [0.2, 0.25) is 0 Å². The fourth-order valence-electron chi connectivity index (χ4n) is 0.807. The van der Waals surface area contributed by atoms with Crippen LogP contribution in [0.15, 0.2) is 12.3 Å². The number of carbonyl (C=O) groups excluding carboxylic acids is 1. The Balaban J connectivity index is 3.46. The Morgan fingerprint density at radius 1 is 1.60 bits per heavy atom. The number of carboxylic acid groups (broad SMARTS) is 1. The summed E-state index contributed by atoms with van der Waals surface area (Å²) in [4.78, 5) is 21.2. The number of nitrogens with two attached hydrogens (primary N) is 1. The molecule has 0 saturated carbocycles. The van der Waals surface area contributed by atoms with E-state index in [-0.39, 0.29) is 0 Å². The molecular weight excluding hydrogens is 200 g/mol. The van der Waals surface area contributed by atoms with Gasteiger partial charge in [0, 0.05) is 6.54 Å². The molecule has 0 aliphatic carbocycles. The van der Waals surface area contributed by atoms with E-state index in [0.717, 1.165) is 0 Å². The normalized spacial score (nSPS) is 12.4. The number of hydrogen-bond donors (Lipinski definition) is 3. The zero-order valence-electron chi connectivity index (χ0n) is 8.60. The summed E-state index contributed by atoms with van der Waals surface area (Å²) in [5.74, 6) is -1.04. The van der Waals surface area contributed by atoms with Crippen molar-refractivity contribution in [3.8, 4) is 0 Å². The van der Waals surface area contributed by atoms with Gasteiger partial charge in [-0.05, 0) is 19.8 Å². The van der Waals surface area contributed by atoms with Crippen LogP contribution in [0.1, 0.15) is 19.8 Å². The quantitative estimate of drug-likeness (QED) is 0.441. The summed E-state index contributed by atoms with van der Waals surface area (Å²) in [6.07, 6.45) is 3.10. The monoisotopic (exact) mass is 216 g/mol. The van der Waals surface area contributed by atoms with Crippen molar-refractivity contribution in [3.63, 3.8) is 0 Å². The van der Waals surface area contributed by atoms with Crippen LogP contribution in [-0.4, -0.2) is 29.8 Å². The van der Waals surface area contributed by atoms with Gasteiger partial charge in [0.05, 0.1) is 6.26 Å². The van der Waals surface area contributed by atoms with Crippen LogP contribution in [0.5, 0.6) is 0 Å². The largest absolute Gasteiger partial charge is 0.480 e. The first-order valence-electron chi connectivity index (χ1n) is 4.62. The molecule has 86 valence electrons. The second-order valence-electron chi connectivity index (χ2n) is 2.89. The van der Waals surface area contributed by atoms with E-state index in [0.29, 0.717) is 19.4 Å². The van der Waals surface area contributed by atoms with Crippen LogP contribution in [-0.2, 0) is 9.53 Å². The average molecular weight is 216 g/mol. The number of amides is 1. The van der Waals surface area contributed by atoms with Crippen molar-refractivity contribution in [2.75, 3.05) is 6.54 Å². The predicted octanol–water partition coefficient (Wildman–Crippen LogP) is 0.438. The van der Waals surface area contributed by atoms with Crippen molar-refractivity contribution in [1.82, 2.24) is 5.32 Å². The lowest BCUT2D eigenvalue weighted by atomic mass is 10.2. The third-order valence-corrected chi connectivity index (χ3v) is 1.59. The predicted molar refractivity (Wildman–Crippen MR) is 54.1 cm³/mol. The smallest absolute Gasteiger partial charge is 0.411 e. The van der Waals surface area contributed by atoms with E-state index in [2.05, 4.69) is 10.1 Å². The standard InChI is InChI=1S/C9H16N2O4/c1-2-6-15-9(14)11-5-3-4-7(10)8(12)13/h2,6-7H,3-5,10H2,1H3,(H,11,14)(H,12,13). The van der Waals surface area contributed by atoms with Gasteiger partial charge in [-0.1, -0.05) is 6.08 Å². The molecule has 0 fully saturated rings. The van der Waals surface area contributed by atoms with Crippen molar-refractivity contribution in [2.45, 2.75) is 25.8 Å². The maximum Gasteiger partial charge on any atom is 0.411 e. The van der Waals surface area contributed by atoms with Crippen LogP contribution in [0.3, 0.4) is 0 Å². The van der Waals surface area contributed by atoms with Gasteiger partial charge >= 0.3 is 12.1 Å². The van der Waals surface area contributed by atoms with E-state index in [1.807, 2.05) is 0 Å². The Hall–Kier alpha value is -1.56. The van der Waals surface area contributed by atoms with E-state index in [4.69, 9.17) is 10.8 Å². The average Bonchev–Trinajstić information content (AvgIpc) is 2.20. The van der Waals surface area contributed by atoms with Gasteiger partial charge in [0.15, 0.2) is 0 Å². The molecule has 0 saturated heterocycles. The summed E-state index contributed by atoms with van der Waals surface area (Å²) in [6.45, 7) is 2.07. The van der Waals surface area contributed by atoms with E-state index >= 15 is 0 Å². The van der Waals surface area contributed by atoms with Crippen LogP contribution < -0.4 is 11.1 Å². The van der Waals surface area contributed by atoms with Gasteiger partial charge in [-0.25, -0.2) is 4.79 Å². The molecule has 0 aliphatic heterocycles. The van der Waals surface area contributed by atoms with E-state index < -0.39 is 18.1 Å². The fraction of sp³-hybridized carbons (Fsp3) is 0.556. The molecule has 6 heteroatoms. The van der Waals surface area contributed by atoms with Crippen molar-refractivity contribution in [2.24, 2.45) is 5.73 Å². The summed E-state index contributed by atoms with van der Waals surface area (Å²) in [5, 5.41) is 10.9. The third kappa shape index (κ3) is 7.51. The van der Waals surface area contributed by atoms with Gasteiger partial charge in [-0.15, -0.1) is 0 Å². The summed E-state index contributed by atoms with van der Waals surface area (Å²) >= 11 is 0. The number of carboxylic acids is 1. The molecule has 0 bridgehead atoms. The summed E-state index contributed by atoms with van der Waals surface area (Å²) in [7, 11) is 0. The highest BCUT2D eigenvalue weighted by Crippen LogP contribution is 1.93. The van der Waals surface area contributed by atoms with Crippen molar-refractivity contribution < 1.29 is 19.4 Å². The van der Waals surface area contributed by atoms with Gasteiger partial charge in [0.1, 0.15) is 6.04 Å². The number of alkyl carbamates (subject to hydrolysis) is 1. The molecule has 0 aromatic rings. The number of aliphatic carboxylic acids is 1. The number of hydrogen-bond acceptors (Lipinski definition) is 4. The molecule has 0 aromatic heterocycles. The maximum atomic E-state index is 10.8. The maximum absolute atomic E-state index is 10.8. The Kier molecular flexibility index (Phi) is 7.00. The highest BCUT2D eigenvalue weighted by Gasteiger charge is 2.10. The second-order valence-corrected chi connectivity index (χ2v) is 2.89. The first-order chi connectivity index (χ1) is 7.07. The van der Waals surface area contributed by atoms with Gasteiger partial charge < -0.3 is 20.9 Å². The topological polar surface area (TPSA) is 102 Å². The van der Waals surface area contributed by atoms with Gasteiger partial charge in [-0.2, -0.15) is 0 Å². The molecule has 0 spiro atoms. The first-order valence-corrected chi connectivity index (χ1v) is 4.62. The zero-order chi connectivity index (χ0) is 11.7. The molecule has 4 N–H and O–H groups in total. The molecule has 0 aliphatic rings. The molecular formula is C9H16N2O4. The van der Waals surface area contributed by atoms with E-state index in [1.165, 1.54) is 6.26 Å². The molecule has 0 rings (SSSR count). The lowest BCUT2D eigenvalue weighted by molar-refractivity contribution is -0.138. The Bertz CT molecular complexity index is 240. The summed E-state index contributed by atoms with van der Waals surface area (Å²) < 4.78 is 4.57. The number of carbonyl (C=O) groups is 2. The van der Waals surface area contributed by atoms with E-state index in [1.54, 1.807) is 13.0 Å². The van der Waals surface area contributed by atoms with Crippen molar-refractivity contribution in [3.05, 3.63) is 12.3 Å². The summed E-state index contributed by atoms with van der Waals surface area (Å²) in [6, 6.07) is -0.877.